The molecule has 0 aliphatic rings. The Kier molecular flexibility index (Phi) is 4.05. The molecule has 0 saturated carbocycles. The van der Waals surface area contributed by atoms with E-state index >= 15 is 0 Å². The van der Waals surface area contributed by atoms with Crippen LogP contribution in [0.4, 0.5) is 10.1 Å². The van der Waals surface area contributed by atoms with Crippen molar-refractivity contribution in [3.8, 4) is 6.07 Å². The van der Waals surface area contributed by atoms with E-state index in [1.54, 1.807) is 13.0 Å². The Bertz CT molecular complexity index is 671. The molecular formula is C17H17FN2. The topological polar surface area (TPSA) is 35.8 Å². The average molecular weight is 268 g/mol. The molecular weight excluding hydrogens is 251 g/mol. The predicted molar refractivity (Wildman–Crippen MR) is 79.1 cm³/mol. The Morgan fingerprint density at radius 2 is 1.90 bits per heavy atom. The zero-order valence-electron chi connectivity index (χ0n) is 11.9. The van der Waals surface area contributed by atoms with E-state index in [0.717, 1.165) is 16.8 Å². The summed E-state index contributed by atoms with van der Waals surface area (Å²) in [4.78, 5) is 0. The van der Waals surface area contributed by atoms with Gasteiger partial charge in [0, 0.05) is 6.04 Å². The number of benzene rings is 2. The first-order chi connectivity index (χ1) is 9.52. The van der Waals surface area contributed by atoms with Crippen molar-refractivity contribution >= 4 is 5.69 Å². The molecule has 0 aromatic heterocycles. The third kappa shape index (κ3) is 2.80. The molecule has 0 spiro atoms. The highest BCUT2D eigenvalue weighted by Crippen LogP contribution is 2.25. The van der Waals surface area contributed by atoms with E-state index in [1.165, 1.54) is 6.07 Å². The van der Waals surface area contributed by atoms with Crippen molar-refractivity contribution in [1.29, 1.82) is 5.26 Å². The number of hydrogen-bond donors (Lipinski definition) is 1. The van der Waals surface area contributed by atoms with Crippen LogP contribution in [0.2, 0.25) is 0 Å². The first-order valence-electron chi connectivity index (χ1n) is 6.55. The molecule has 0 aliphatic carbocycles. The SMILES string of the molecule is Cc1ccc(C(C)Nc2cccc(C)c2C#N)cc1F. The van der Waals surface area contributed by atoms with Crippen LogP contribution in [-0.2, 0) is 0 Å². The van der Waals surface area contributed by atoms with Crippen LogP contribution >= 0.6 is 0 Å². The average Bonchev–Trinajstić information content (AvgIpc) is 2.42. The summed E-state index contributed by atoms with van der Waals surface area (Å²) in [6.07, 6.45) is 0. The van der Waals surface area contributed by atoms with Crippen LogP contribution < -0.4 is 5.32 Å². The molecule has 0 amide bonds. The van der Waals surface area contributed by atoms with Gasteiger partial charge in [-0.05, 0) is 49.6 Å². The highest BCUT2D eigenvalue weighted by molar-refractivity contribution is 5.61. The largest absolute Gasteiger partial charge is 0.377 e. The summed E-state index contributed by atoms with van der Waals surface area (Å²) >= 11 is 0. The van der Waals surface area contributed by atoms with Crippen molar-refractivity contribution < 1.29 is 4.39 Å². The van der Waals surface area contributed by atoms with E-state index < -0.39 is 0 Å². The zero-order valence-corrected chi connectivity index (χ0v) is 11.9. The summed E-state index contributed by atoms with van der Waals surface area (Å²) in [6, 6.07) is 13.0. The smallest absolute Gasteiger partial charge is 0.126 e. The van der Waals surface area contributed by atoms with Crippen molar-refractivity contribution in [3.05, 3.63) is 64.5 Å². The molecule has 2 rings (SSSR count). The van der Waals surface area contributed by atoms with Crippen LogP contribution in [0.25, 0.3) is 0 Å². The van der Waals surface area contributed by atoms with E-state index in [4.69, 9.17) is 0 Å². The molecule has 2 nitrogen and oxygen atoms in total. The number of aryl methyl sites for hydroxylation is 2. The lowest BCUT2D eigenvalue weighted by atomic mass is 10.0. The quantitative estimate of drug-likeness (QED) is 0.890. The van der Waals surface area contributed by atoms with Gasteiger partial charge in [-0.15, -0.1) is 0 Å². The van der Waals surface area contributed by atoms with Gasteiger partial charge in [-0.2, -0.15) is 5.26 Å². The maximum absolute atomic E-state index is 13.6. The van der Waals surface area contributed by atoms with Crippen molar-refractivity contribution in [1.82, 2.24) is 0 Å². The highest BCUT2D eigenvalue weighted by Gasteiger charge is 2.11. The molecule has 0 saturated heterocycles. The van der Waals surface area contributed by atoms with Gasteiger partial charge in [-0.25, -0.2) is 4.39 Å². The lowest BCUT2D eigenvalue weighted by Crippen LogP contribution is -2.09. The van der Waals surface area contributed by atoms with Gasteiger partial charge in [0.05, 0.1) is 11.3 Å². The van der Waals surface area contributed by atoms with Gasteiger partial charge >= 0.3 is 0 Å². The number of nitrogens with one attached hydrogen (secondary N) is 1. The third-order valence-corrected chi connectivity index (χ3v) is 3.45. The molecule has 1 N–H and O–H groups in total. The van der Waals surface area contributed by atoms with Crippen LogP contribution in [0.15, 0.2) is 36.4 Å². The molecule has 3 heteroatoms. The Morgan fingerprint density at radius 3 is 2.55 bits per heavy atom. The Balaban J connectivity index is 2.28. The van der Waals surface area contributed by atoms with E-state index in [-0.39, 0.29) is 11.9 Å². The van der Waals surface area contributed by atoms with Gasteiger partial charge in [-0.1, -0.05) is 24.3 Å². The number of halogens is 1. The molecule has 0 radical (unpaired) electrons. The minimum absolute atomic E-state index is 0.0704. The van der Waals surface area contributed by atoms with Crippen LogP contribution in [0.3, 0.4) is 0 Å². The maximum atomic E-state index is 13.6. The molecule has 0 aliphatic heterocycles. The lowest BCUT2D eigenvalue weighted by Gasteiger charge is -2.18. The summed E-state index contributed by atoms with van der Waals surface area (Å²) in [5.41, 5.74) is 3.83. The van der Waals surface area contributed by atoms with Crippen molar-refractivity contribution in [2.24, 2.45) is 0 Å². The molecule has 0 heterocycles. The minimum Gasteiger partial charge on any atom is -0.377 e. The van der Waals surface area contributed by atoms with Gasteiger partial charge in [0.2, 0.25) is 0 Å². The number of anilines is 1. The van der Waals surface area contributed by atoms with Crippen molar-refractivity contribution in [3.63, 3.8) is 0 Å². The third-order valence-electron chi connectivity index (χ3n) is 3.45. The maximum Gasteiger partial charge on any atom is 0.126 e. The fraction of sp³-hybridized carbons (Fsp3) is 0.235. The van der Waals surface area contributed by atoms with E-state index in [2.05, 4.69) is 11.4 Å². The van der Waals surface area contributed by atoms with Crippen molar-refractivity contribution in [2.45, 2.75) is 26.8 Å². The van der Waals surface area contributed by atoms with Crippen LogP contribution in [0, 0.1) is 31.0 Å². The van der Waals surface area contributed by atoms with Crippen LogP contribution in [-0.4, -0.2) is 0 Å². The van der Waals surface area contributed by atoms with Gasteiger partial charge in [0.15, 0.2) is 0 Å². The second-order valence-electron chi connectivity index (χ2n) is 4.98. The number of hydrogen-bond acceptors (Lipinski definition) is 2. The first kappa shape index (κ1) is 14.1. The molecule has 1 unspecified atom stereocenters. The summed E-state index contributed by atoms with van der Waals surface area (Å²) < 4.78 is 13.6. The van der Waals surface area contributed by atoms with Gasteiger partial charge in [0.1, 0.15) is 11.9 Å². The van der Waals surface area contributed by atoms with Gasteiger partial charge in [-0.3, -0.25) is 0 Å². The first-order valence-corrected chi connectivity index (χ1v) is 6.55. The van der Waals surface area contributed by atoms with E-state index in [0.29, 0.717) is 11.1 Å². The molecule has 2 aromatic carbocycles. The fourth-order valence-electron chi connectivity index (χ4n) is 2.13. The summed E-state index contributed by atoms with van der Waals surface area (Å²) in [5, 5.41) is 12.5. The molecule has 20 heavy (non-hydrogen) atoms. The van der Waals surface area contributed by atoms with E-state index in [1.807, 2.05) is 38.1 Å². The molecule has 102 valence electrons. The summed E-state index contributed by atoms with van der Waals surface area (Å²) in [6.45, 7) is 5.60. The van der Waals surface area contributed by atoms with Gasteiger partial charge < -0.3 is 5.32 Å². The Labute approximate surface area is 118 Å². The second-order valence-corrected chi connectivity index (χ2v) is 4.98. The number of nitriles is 1. The molecule has 0 bridgehead atoms. The molecule has 0 fully saturated rings. The van der Waals surface area contributed by atoms with E-state index in [9.17, 15) is 9.65 Å². The lowest BCUT2D eigenvalue weighted by molar-refractivity contribution is 0.614. The number of nitrogens with zero attached hydrogens (tertiary/aromatic N) is 1. The highest BCUT2D eigenvalue weighted by atomic mass is 19.1. The fourth-order valence-corrected chi connectivity index (χ4v) is 2.13. The summed E-state index contributed by atoms with van der Waals surface area (Å²) in [5.74, 6) is -0.208. The normalized spacial score (nSPS) is 11.8. The second kappa shape index (κ2) is 5.75. The van der Waals surface area contributed by atoms with Crippen LogP contribution in [0.1, 0.15) is 35.2 Å². The Hall–Kier alpha value is -2.34. The Morgan fingerprint density at radius 1 is 1.15 bits per heavy atom. The van der Waals surface area contributed by atoms with Crippen LogP contribution in [0.5, 0.6) is 0 Å². The molecule has 1 atom stereocenters. The van der Waals surface area contributed by atoms with Crippen molar-refractivity contribution in [2.75, 3.05) is 5.32 Å². The monoisotopic (exact) mass is 268 g/mol. The van der Waals surface area contributed by atoms with Gasteiger partial charge in [0.25, 0.3) is 0 Å². The minimum atomic E-state index is -0.208. The zero-order chi connectivity index (χ0) is 14.7. The number of rotatable bonds is 3. The summed E-state index contributed by atoms with van der Waals surface area (Å²) in [7, 11) is 0. The predicted octanol–water partition coefficient (Wildman–Crippen LogP) is 4.49. The standard InChI is InChI=1S/C17H17FN2/c1-11-5-4-6-17(15(11)10-19)20-13(3)14-8-7-12(2)16(18)9-14/h4-9,13,20H,1-3H3. The molecule has 2 aromatic rings.